The summed E-state index contributed by atoms with van der Waals surface area (Å²) in [5.74, 6) is 0.287. The molecule has 0 saturated carbocycles. The summed E-state index contributed by atoms with van der Waals surface area (Å²) in [6.45, 7) is 3.71. The second-order valence-corrected chi connectivity index (χ2v) is 4.61. The van der Waals surface area contributed by atoms with Gasteiger partial charge in [-0.1, -0.05) is 6.07 Å². The second kappa shape index (κ2) is 4.83. The molecule has 88 valence electrons. The molecule has 2 nitrogen and oxygen atoms in total. The SMILES string of the molecule is Cc1ccc(O)c(CC2CCCNC2)c1F. The van der Waals surface area contributed by atoms with E-state index in [0.717, 1.165) is 25.9 Å². The van der Waals surface area contributed by atoms with Crippen molar-refractivity contribution in [1.29, 1.82) is 0 Å². The number of hydrogen-bond donors (Lipinski definition) is 2. The highest BCUT2D eigenvalue weighted by atomic mass is 19.1. The summed E-state index contributed by atoms with van der Waals surface area (Å²) in [5, 5.41) is 13.0. The Hall–Kier alpha value is -1.09. The monoisotopic (exact) mass is 223 g/mol. The molecule has 1 aromatic carbocycles. The van der Waals surface area contributed by atoms with E-state index in [-0.39, 0.29) is 11.6 Å². The van der Waals surface area contributed by atoms with Crippen molar-refractivity contribution in [2.24, 2.45) is 5.92 Å². The normalized spacial score (nSPS) is 21.0. The third-order valence-corrected chi connectivity index (χ3v) is 3.30. The van der Waals surface area contributed by atoms with Gasteiger partial charge in [0.15, 0.2) is 0 Å². The molecular formula is C13H18FNO. The maximum absolute atomic E-state index is 13.8. The van der Waals surface area contributed by atoms with Crippen molar-refractivity contribution in [2.75, 3.05) is 13.1 Å². The highest BCUT2D eigenvalue weighted by Crippen LogP contribution is 2.27. The van der Waals surface area contributed by atoms with Crippen molar-refractivity contribution >= 4 is 0 Å². The maximum Gasteiger partial charge on any atom is 0.133 e. The van der Waals surface area contributed by atoms with Crippen LogP contribution in [0.1, 0.15) is 24.0 Å². The molecule has 0 bridgehead atoms. The third kappa shape index (κ3) is 2.35. The zero-order valence-corrected chi connectivity index (χ0v) is 9.59. The molecule has 0 spiro atoms. The van der Waals surface area contributed by atoms with Gasteiger partial charge < -0.3 is 10.4 Å². The Bertz CT molecular complexity index is 372. The van der Waals surface area contributed by atoms with Crippen LogP contribution in [0.2, 0.25) is 0 Å². The molecule has 1 heterocycles. The van der Waals surface area contributed by atoms with Crippen LogP contribution in [0, 0.1) is 18.7 Å². The minimum Gasteiger partial charge on any atom is -0.508 e. The Balaban J connectivity index is 2.16. The van der Waals surface area contributed by atoms with Gasteiger partial charge in [-0.25, -0.2) is 4.39 Å². The first kappa shape index (κ1) is 11.4. The van der Waals surface area contributed by atoms with Crippen LogP contribution in [0.3, 0.4) is 0 Å². The van der Waals surface area contributed by atoms with Gasteiger partial charge in [-0.05, 0) is 56.8 Å². The number of rotatable bonds is 2. The molecule has 1 aliphatic rings. The Morgan fingerprint density at radius 2 is 2.31 bits per heavy atom. The molecule has 16 heavy (non-hydrogen) atoms. The maximum atomic E-state index is 13.8. The molecule has 0 radical (unpaired) electrons. The summed E-state index contributed by atoms with van der Waals surface area (Å²) in [7, 11) is 0. The van der Waals surface area contributed by atoms with Crippen molar-refractivity contribution in [1.82, 2.24) is 5.32 Å². The lowest BCUT2D eigenvalue weighted by Gasteiger charge is -2.23. The topological polar surface area (TPSA) is 32.3 Å². The lowest BCUT2D eigenvalue weighted by molar-refractivity contribution is 0.364. The predicted octanol–water partition coefficient (Wildman–Crippen LogP) is 2.38. The number of nitrogens with one attached hydrogen (secondary N) is 1. The van der Waals surface area contributed by atoms with Crippen molar-refractivity contribution < 1.29 is 9.50 Å². The average Bonchev–Trinajstić information content (AvgIpc) is 2.31. The fraction of sp³-hybridized carbons (Fsp3) is 0.538. The number of phenolic OH excluding ortho intramolecular Hbond substituents is 1. The van der Waals surface area contributed by atoms with E-state index in [1.165, 1.54) is 0 Å². The minimum atomic E-state index is -0.245. The van der Waals surface area contributed by atoms with Gasteiger partial charge in [0.05, 0.1) is 0 Å². The quantitative estimate of drug-likeness (QED) is 0.806. The van der Waals surface area contributed by atoms with Crippen molar-refractivity contribution in [3.05, 3.63) is 29.1 Å². The first-order valence-corrected chi connectivity index (χ1v) is 5.86. The van der Waals surface area contributed by atoms with Crippen LogP contribution >= 0.6 is 0 Å². The van der Waals surface area contributed by atoms with Gasteiger partial charge in [-0.2, -0.15) is 0 Å². The van der Waals surface area contributed by atoms with Crippen LogP contribution in [0.5, 0.6) is 5.75 Å². The predicted molar refractivity (Wildman–Crippen MR) is 62.1 cm³/mol. The highest BCUT2D eigenvalue weighted by molar-refractivity contribution is 5.37. The van der Waals surface area contributed by atoms with E-state index < -0.39 is 0 Å². The molecule has 1 saturated heterocycles. The van der Waals surface area contributed by atoms with E-state index in [2.05, 4.69) is 5.32 Å². The molecule has 2 N–H and O–H groups in total. The summed E-state index contributed by atoms with van der Waals surface area (Å²) < 4.78 is 13.8. The van der Waals surface area contributed by atoms with Crippen LogP contribution in [-0.4, -0.2) is 18.2 Å². The summed E-state index contributed by atoms with van der Waals surface area (Å²) in [4.78, 5) is 0. The smallest absolute Gasteiger partial charge is 0.133 e. The number of aryl methyl sites for hydroxylation is 1. The number of benzene rings is 1. The molecule has 1 aromatic rings. The Morgan fingerprint density at radius 1 is 1.50 bits per heavy atom. The van der Waals surface area contributed by atoms with E-state index in [0.29, 0.717) is 23.5 Å². The first-order valence-electron chi connectivity index (χ1n) is 5.86. The number of aromatic hydroxyl groups is 1. The van der Waals surface area contributed by atoms with E-state index >= 15 is 0 Å². The van der Waals surface area contributed by atoms with Gasteiger partial charge in [0.2, 0.25) is 0 Å². The molecule has 0 aliphatic carbocycles. The van der Waals surface area contributed by atoms with Crippen LogP contribution in [-0.2, 0) is 6.42 Å². The van der Waals surface area contributed by atoms with Gasteiger partial charge in [-0.15, -0.1) is 0 Å². The first-order chi connectivity index (χ1) is 7.68. The molecule has 0 aromatic heterocycles. The largest absolute Gasteiger partial charge is 0.508 e. The van der Waals surface area contributed by atoms with Crippen molar-refractivity contribution in [2.45, 2.75) is 26.2 Å². The lowest BCUT2D eigenvalue weighted by Crippen LogP contribution is -2.31. The highest BCUT2D eigenvalue weighted by Gasteiger charge is 2.18. The number of halogens is 1. The summed E-state index contributed by atoms with van der Waals surface area (Å²) in [5.41, 5.74) is 1.09. The van der Waals surface area contributed by atoms with Crippen LogP contribution in [0.15, 0.2) is 12.1 Å². The molecule has 2 rings (SSSR count). The molecule has 1 fully saturated rings. The van der Waals surface area contributed by atoms with Gasteiger partial charge >= 0.3 is 0 Å². The molecule has 3 heteroatoms. The lowest BCUT2D eigenvalue weighted by atomic mass is 9.91. The van der Waals surface area contributed by atoms with E-state index in [1.807, 2.05) is 0 Å². The average molecular weight is 223 g/mol. The number of phenols is 1. The van der Waals surface area contributed by atoms with Gasteiger partial charge in [0, 0.05) is 5.56 Å². The van der Waals surface area contributed by atoms with Gasteiger partial charge in [0.25, 0.3) is 0 Å². The Morgan fingerprint density at radius 3 is 3.00 bits per heavy atom. The second-order valence-electron chi connectivity index (χ2n) is 4.61. The fourth-order valence-corrected chi connectivity index (χ4v) is 2.31. The Kier molecular flexibility index (Phi) is 3.44. The Labute approximate surface area is 95.5 Å². The zero-order chi connectivity index (χ0) is 11.5. The fourth-order valence-electron chi connectivity index (χ4n) is 2.31. The van der Waals surface area contributed by atoms with E-state index in [9.17, 15) is 9.50 Å². The number of hydrogen-bond acceptors (Lipinski definition) is 2. The van der Waals surface area contributed by atoms with Gasteiger partial charge in [0.1, 0.15) is 11.6 Å². The van der Waals surface area contributed by atoms with E-state index in [4.69, 9.17) is 0 Å². The van der Waals surface area contributed by atoms with Crippen LogP contribution in [0.25, 0.3) is 0 Å². The summed E-state index contributed by atoms with van der Waals surface area (Å²) in [6, 6.07) is 3.21. The van der Waals surface area contributed by atoms with Crippen molar-refractivity contribution in [3.63, 3.8) is 0 Å². The molecule has 1 aliphatic heterocycles. The summed E-state index contributed by atoms with van der Waals surface area (Å²) >= 11 is 0. The van der Waals surface area contributed by atoms with E-state index in [1.54, 1.807) is 19.1 Å². The minimum absolute atomic E-state index is 0.0914. The summed E-state index contributed by atoms with van der Waals surface area (Å²) in [6.07, 6.45) is 2.88. The van der Waals surface area contributed by atoms with Crippen LogP contribution < -0.4 is 5.32 Å². The molecule has 1 unspecified atom stereocenters. The van der Waals surface area contributed by atoms with Crippen molar-refractivity contribution in [3.8, 4) is 5.75 Å². The molecule has 1 atom stereocenters. The number of piperidine rings is 1. The van der Waals surface area contributed by atoms with Crippen LogP contribution in [0.4, 0.5) is 4.39 Å². The van der Waals surface area contributed by atoms with Gasteiger partial charge in [-0.3, -0.25) is 0 Å². The standard InChI is InChI=1S/C13H18FNO/c1-9-4-5-12(16)11(13(9)14)7-10-3-2-6-15-8-10/h4-5,10,15-16H,2-3,6-8H2,1H3. The molecule has 0 amide bonds. The zero-order valence-electron chi connectivity index (χ0n) is 9.59. The third-order valence-electron chi connectivity index (χ3n) is 3.30. The molecular weight excluding hydrogens is 205 g/mol.